The van der Waals surface area contributed by atoms with Crippen LogP contribution in [0.1, 0.15) is 6.92 Å². The quantitative estimate of drug-likeness (QED) is 0.486. The van der Waals surface area contributed by atoms with E-state index in [0.717, 1.165) is 13.1 Å². The van der Waals surface area contributed by atoms with E-state index in [9.17, 15) is 0 Å². The molecule has 0 spiro atoms. The first-order chi connectivity index (χ1) is 7.24. The molecule has 1 rings (SSSR count). The lowest BCUT2D eigenvalue weighted by molar-refractivity contribution is 0.740. The van der Waals surface area contributed by atoms with Gasteiger partial charge in [0.2, 0.25) is 0 Å². The minimum absolute atomic E-state index is 0.559. The molecule has 0 saturated carbocycles. The molecule has 1 aromatic rings. The summed E-state index contributed by atoms with van der Waals surface area (Å²) < 4.78 is 1.17. The topological polar surface area (TPSA) is 12.0 Å². The summed E-state index contributed by atoms with van der Waals surface area (Å²) in [6.07, 6.45) is 1.88. The Hall–Kier alpha value is -0.250. The van der Waals surface area contributed by atoms with Crippen LogP contribution in [0.4, 0.5) is 0 Å². The van der Waals surface area contributed by atoms with E-state index in [1.807, 2.05) is 23.9 Å². The molecular weight excluding hydrogens is 270 g/mol. The predicted molar refractivity (Wildman–Crippen MR) is 72.5 cm³/mol. The van der Waals surface area contributed by atoms with Gasteiger partial charge in [-0.1, -0.05) is 25.1 Å². The third kappa shape index (κ3) is 4.87. The van der Waals surface area contributed by atoms with Crippen molar-refractivity contribution < 1.29 is 0 Å². The summed E-state index contributed by atoms with van der Waals surface area (Å²) in [5.74, 6) is 0. The highest BCUT2D eigenvalue weighted by molar-refractivity contribution is 9.10. The molecular formula is C12H16BrNS. The molecule has 1 aromatic carbocycles. The van der Waals surface area contributed by atoms with Crippen molar-refractivity contribution in [3.8, 4) is 0 Å². The Bertz CT molecular complexity index is 314. The van der Waals surface area contributed by atoms with Crippen LogP contribution in [0.2, 0.25) is 0 Å². The van der Waals surface area contributed by atoms with Crippen molar-refractivity contribution in [2.75, 3.05) is 13.1 Å². The van der Waals surface area contributed by atoms with E-state index in [2.05, 4.69) is 52.9 Å². The number of hydrogen-bond acceptors (Lipinski definition) is 2. The van der Waals surface area contributed by atoms with Crippen molar-refractivity contribution in [2.45, 2.75) is 17.1 Å². The van der Waals surface area contributed by atoms with Crippen LogP contribution in [-0.2, 0) is 0 Å². The van der Waals surface area contributed by atoms with Crippen molar-refractivity contribution in [1.82, 2.24) is 5.32 Å². The molecule has 1 atom stereocenters. The van der Waals surface area contributed by atoms with Crippen molar-refractivity contribution in [3.63, 3.8) is 0 Å². The average Bonchev–Trinajstić information content (AvgIpc) is 2.22. The Morgan fingerprint density at radius 2 is 2.27 bits per heavy atom. The molecule has 1 nitrogen and oxygen atoms in total. The summed E-state index contributed by atoms with van der Waals surface area (Å²) >= 11 is 5.43. The van der Waals surface area contributed by atoms with E-state index in [0.29, 0.717) is 5.25 Å². The summed E-state index contributed by atoms with van der Waals surface area (Å²) in [5, 5.41) is 3.88. The molecule has 0 aliphatic rings. The van der Waals surface area contributed by atoms with Gasteiger partial charge < -0.3 is 5.32 Å². The second-order valence-corrected chi connectivity index (χ2v) is 5.64. The van der Waals surface area contributed by atoms with E-state index >= 15 is 0 Å². The summed E-state index contributed by atoms with van der Waals surface area (Å²) in [5.41, 5.74) is 0. The molecule has 15 heavy (non-hydrogen) atoms. The van der Waals surface area contributed by atoms with E-state index in [4.69, 9.17) is 0 Å². The minimum Gasteiger partial charge on any atom is -0.312 e. The molecule has 1 unspecified atom stereocenters. The maximum atomic E-state index is 3.68. The monoisotopic (exact) mass is 285 g/mol. The van der Waals surface area contributed by atoms with Crippen LogP contribution in [0.3, 0.4) is 0 Å². The minimum atomic E-state index is 0.559. The zero-order valence-electron chi connectivity index (χ0n) is 8.87. The number of nitrogens with one attached hydrogen (secondary N) is 1. The zero-order chi connectivity index (χ0) is 11.1. The highest BCUT2D eigenvalue weighted by Gasteiger charge is 2.05. The third-order valence-corrected chi connectivity index (χ3v) is 4.02. The Kier molecular flexibility index (Phi) is 6.06. The van der Waals surface area contributed by atoms with Gasteiger partial charge in [0, 0.05) is 27.7 Å². The van der Waals surface area contributed by atoms with Crippen molar-refractivity contribution in [1.29, 1.82) is 0 Å². The van der Waals surface area contributed by atoms with Gasteiger partial charge in [-0.05, 0) is 28.1 Å². The van der Waals surface area contributed by atoms with E-state index in [1.165, 1.54) is 9.37 Å². The highest BCUT2D eigenvalue weighted by atomic mass is 79.9. The maximum Gasteiger partial charge on any atom is 0.0311 e. The molecule has 0 radical (unpaired) electrons. The summed E-state index contributed by atoms with van der Waals surface area (Å²) in [6, 6.07) is 8.32. The van der Waals surface area contributed by atoms with Crippen LogP contribution < -0.4 is 5.32 Å². The molecule has 0 aliphatic heterocycles. The second-order valence-electron chi connectivity index (χ2n) is 3.31. The Balaban J connectivity index is 2.40. The molecule has 0 aliphatic carbocycles. The van der Waals surface area contributed by atoms with Gasteiger partial charge in [0.25, 0.3) is 0 Å². The van der Waals surface area contributed by atoms with E-state index in [-0.39, 0.29) is 0 Å². The first-order valence-corrected chi connectivity index (χ1v) is 6.64. The molecule has 0 fully saturated rings. The lowest BCUT2D eigenvalue weighted by Crippen LogP contribution is -2.22. The van der Waals surface area contributed by atoms with Gasteiger partial charge in [-0.15, -0.1) is 18.3 Å². The average molecular weight is 286 g/mol. The predicted octanol–water partition coefficient (Wildman–Crippen LogP) is 3.71. The number of rotatable bonds is 6. The Morgan fingerprint density at radius 3 is 2.93 bits per heavy atom. The normalized spacial score (nSPS) is 12.4. The molecule has 3 heteroatoms. The Morgan fingerprint density at radius 1 is 1.53 bits per heavy atom. The van der Waals surface area contributed by atoms with Crippen LogP contribution in [0.5, 0.6) is 0 Å². The number of halogens is 1. The van der Waals surface area contributed by atoms with Crippen LogP contribution in [-0.4, -0.2) is 18.3 Å². The molecule has 0 amide bonds. The molecule has 1 N–H and O–H groups in total. The number of hydrogen-bond donors (Lipinski definition) is 1. The summed E-state index contributed by atoms with van der Waals surface area (Å²) in [4.78, 5) is 1.30. The standard InChI is InChI=1S/C12H16BrNS/c1-3-8-14-9-10(2)15-12-7-5-4-6-11(12)13/h3-7,10,14H,1,8-9H2,2H3. The van der Waals surface area contributed by atoms with Crippen molar-refractivity contribution in [2.24, 2.45) is 0 Å². The fraction of sp³-hybridized carbons (Fsp3) is 0.333. The largest absolute Gasteiger partial charge is 0.312 e. The fourth-order valence-electron chi connectivity index (χ4n) is 1.19. The third-order valence-electron chi connectivity index (χ3n) is 1.89. The SMILES string of the molecule is C=CCNCC(C)Sc1ccccc1Br. The lowest BCUT2D eigenvalue weighted by Gasteiger charge is -2.12. The first kappa shape index (κ1) is 12.8. The molecule has 0 bridgehead atoms. The summed E-state index contributed by atoms with van der Waals surface area (Å²) in [6.45, 7) is 7.78. The second kappa shape index (κ2) is 7.09. The van der Waals surface area contributed by atoms with Gasteiger partial charge in [-0.2, -0.15) is 0 Å². The molecule has 0 aromatic heterocycles. The van der Waals surface area contributed by atoms with Gasteiger partial charge >= 0.3 is 0 Å². The number of benzene rings is 1. The molecule has 0 heterocycles. The summed E-state index contributed by atoms with van der Waals surface area (Å²) in [7, 11) is 0. The van der Waals surface area contributed by atoms with Gasteiger partial charge in [0.05, 0.1) is 0 Å². The van der Waals surface area contributed by atoms with Crippen LogP contribution in [0.15, 0.2) is 46.3 Å². The molecule has 82 valence electrons. The van der Waals surface area contributed by atoms with E-state index in [1.54, 1.807) is 0 Å². The van der Waals surface area contributed by atoms with Crippen molar-refractivity contribution >= 4 is 27.7 Å². The smallest absolute Gasteiger partial charge is 0.0311 e. The van der Waals surface area contributed by atoms with E-state index < -0.39 is 0 Å². The van der Waals surface area contributed by atoms with Crippen LogP contribution in [0.25, 0.3) is 0 Å². The maximum absolute atomic E-state index is 3.68. The van der Waals surface area contributed by atoms with Gasteiger partial charge in [-0.3, -0.25) is 0 Å². The Labute approximate surface area is 104 Å². The zero-order valence-corrected chi connectivity index (χ0v) is 11.3. The van der Waals surface area contributed by atoms with Crippen LogP contribution >= 0.6 is 27.7 Å². The lowest BCUT2D eigenvalue weighted by atomic mass is 10.4. The number of thioether (sulfide) groups is 1. The van der Waals surface area contributed by atoms with Crippen LogP contribution in [0, 0.1) is 0 Å². The van der Waals surface area contributed by atoms with Gasteiger partial charge in [0.1, 0.15) is 0 Å². The first-order valence-electron chi connectivity index (χ1n) is 4.97. The van der Waals surface area contributed by atoms with Gasteiger partial charge in [-0.25, -0.2) is 0 Å². The highest BCUT2D eigenvalue weighted by Crippen LogP contribution is 2.29. The fourth-order valence-corrected chi connectivity index (χ4v) is 2.72. The molecule has 0 saturated heterocycles. The van der Waals surface area contributed by atoms with Gasteiger partial charge in [0.15, 0.2) is 0 Å². The van der Waals surface area contributed by atoms with Crippen molar-refractivity contribution in [3.05, 3.63) is 41.4 Å².